The van der Waals surface area contributed by atoms with Crippen LogP contribution in [0, 0.1) is 35.0 Å². The highest BCUT2D eigenvalue weighted by atomic mass is 16.5. The van der Waals surface area contributed by atoms with Crippen molar-refractivity contribution < 1.29 is 9.53 Å². The van der Waals surface area contributed by atoms with Gasteiger partial charge in [0.1, 0.15) is 6.29 Å². The maximum Gasteiger partial charge on any atom is 0.123 e. The smallest absolute Gasteiger partial charge is 0.123 e. The zero-order valence-electron chi connectivity index (χ0n) is 14.5. The largest absolute Gasteiger partial charge is 0.381 e. The standard InChI is InChI=1S/C20H32O2/c1-14(13-21)18-6-7-19-17-5-4-15(9-11-22-3)12-16(17)8-10-20(18,19)2/h9,13-14,16-19H,4-8,10-12H2,1-3H3/b15-9-/t14-,16?,17?,18-,19?,20-/m1/s1. The normalized spacial score (nSPS) is 44.4. The maximum atomic E-state index is 11.3. The predicted octanol–water partition coefficient (Wildman–Crippen LogP) is 4.64. The third-order valence-corrected chi connectivity index (χ3v) is 7.37. The van der Waals surface area contributed by atoms with Crippen LogP contribution in [0.15, 0.2) is 11.6 Å². The number of fused-ring (bicyclic) bond motifs is 3. The Bertz CT molecular complexity index is 441. The topological polar surface area (TPSA) is 26.3 Å². The van der Waals surface area contributed by atoms with Crippen molar-refractivity contribution in [2.24, 2.45) is 35.0 Å². The van der Waals surface area contributed by atoms with Crippen LogP contribution >= 0.6 is 0 Å². The summed E-state index contributed by atoms with van der Waals surface area (Å²) in [4.78, 5) is 11.3. The van der Waals surface area contributed by atoms with Crippen LogP contribution in [-0.4, -0.2) is 20.0 Å². The van der Waals surface area contributed by atoms with E-state index in [9.17, 15) is 4.79 Å². The first-order chi connectivity index (χ1) is 10.6. The summed E-state index contributed by atoms with van der Waals surface area (Å²) in [7, 11) is 1.78. The Labute approximate surface area is 135 Å². The average molecular weight is 304 g/mol. The summed E-state index contributed by atoms with van der Waals surface area (Å²) < 4.78 is 5.21. The molecule has 0 amide bonds. The lowest BCUT2D eigenvalue weighted by Crippen LogP contribution is -2.44. The van der Waals surface area contributed by atoms with Gasteiger partial charge in [0.05, 0.1) is 6.61 Å². The van der Waals surface area contributed by atoms with Crippen molar-refractivity contribution >= 4 is 6.29 Å². The molecule has 0 aromatic rings. The van der Waals surface area contributed by atoms with Crippen molar-refractivity contribution in [3.63, 3.8) is 0 Å². The summed E-state index contributed by atoms with van der Waals surface area (Å²) in [5.41, 5.74) is 2.05. The number of aldehydes is 1. The summed E-state index contributed by atoms with van der Waals surface area (Å²) >= 11 is 0. The lowest BCUT2D eigenvalue weighted by Gasteiger charge is -2.51. The van der Waals surface area contributed by atoms with Crippen LogP contribution in [0.2, 0.25) is 0 Å². The molecule has 124 valence electrons. The average Bonchev–Trinajstić information content (AvgIpc) is 2.89. The fourth-order valence-corrected chi connectivity index (χ4v) is 6.23. The van der Waals surface area contributed by atoms with Gasteiger partial charge >= 0.3 is 0 Å². The van der Waals surface area contributed by atoms with Gasteiger partial charge in [-0.25, -0.2) is 0 Å². The molecule has 3 saturated carbocycles. The molecule has 2 heteroatoms. The summed E-state index contributed by atoms with van der Waals surface area (Å²) in [5.74, 6) is 3.53. The second-order valence-electron chi connectivity index (χ2n) is 8.31. The molecule has 0 saturated heterocycles. The maximum absolute atomic E-state index is 11.3. The van der Waals surface area contributed by atoms with Gasteiger partial charge in [-0.15, -0.1) is 0 Å². The molecule has 6 atom stereocenters. The van der Waals surface area contributed by atoms with Crippen LogP contribution in [-0.2, 0) is 9.53 Å². The number of hydrogen-bond acceptors (Lipinski definition) is 2. The van der Waals surface area contributed by atoms with E-state index in [0.29, 0.717) is 11.3 Å². The Morgan fingerprint density at radius 1 is 1.32 bits per heavy atom. The lowest BCUT2D eigenvalue weighted by atomic mass is 9.53. The Kier molecular flexibility index (Phi) is 4.77. The summed E-state index contributed by atoms with van der Waals surface area (Å²) in [5, 5.41) is 0. The summed E-state index contributed by atoms with van der Waals surface area (Å²) in [6, 6.07) is 0. The molecule has 3 aliphatic carbocycles. The van der Waals surface area contributed by atoms with Crippen LogP contribution < -0.4 is 0 Å². The first-order valence-electron chi connectivity index (χ1n) is 9.22. The van der Waals surface area contributed by atoms with Gasteiger partial charge in [0, 0.05) is 13.0 Å². The van der Waals surface area contributed by atoms with E-state index in [-0.39, 0.29) is 5.92 Å². The molecule has 0 bridgehead atoms. The van der Waals surface area contributed by atoms with E-state index >= 15 is 0 Å². The number of carbonyl (C=O) groups is 1. The minimum atomic E-state index is 0.243. The van der Waals surface area contributed by atoms with Crippen molar-refractivity contribution in [1.29, 1.82) is 0 Å². The van der Waals surface area contributed by atoms with Crippen LogP contribution in [0.4, 0.5) is 0 Å². The van der Waals surface area contributed by atoms with Crippen molar-refractivity contribution in [3.8, 4) is 0 Å². The molecular weight excluding hydrogens is 272 g/mol. The lowest BCUT2D eigenvalue weighted by molar-refractivity contribution is -0.114. The highest BCUT2D eigenvalue weighted by Gasteiger charge is 2.55. The predicted molar refractivity (Wildman–Crippen MR) is 89.6 cm³/mol. The minimum Gasteiger partial charge on any atom is -0.381 e. The zero-order valence-corrected chi connectivity index (χ0v) is 14.5. The van der Waals surface area contributed by atoms with Crippen molar-refractivity contribution in [3.05, 3.63) is 11.6 Å². The summed E-state index contributed by atoms with van der Waals surface area (Å²) in [6.07, 6.45) is 12.8. The van der Waals surface area contributed by atoms with E-state index < -0.39 is 0 Å². The van der Waals surface area contributed by atoms with Gasteiger partial charge in [-0.3, -0.25) is 0 Å². The Morgan fingerprint density at radius 2 is 2.14 bits per heavy atom. The highest BCUT2D eigenvalue weighted by molar-refractivity contribution is 5.53. The zero-order chi connectivity index (χ0) is 15.7. The molecule has 0 aliphatic heterocycles. The number of allylic oxidation sites excluding steroid dienone is 1. The molecule has 22 heavy (non-hydrogen) atoms. The molecule has 0 spiro atoms. The molecular formula is C20H32O2. The van der Waals surface area contributed by atoms with Gasteiger partial charge in [-0.05, 0) is 74.0 Å². The number of hydrogen-bond donors (Lipinski definition) is 0. The fourth-order valence-electron chi connectivity index (χ4n) is 6.23. The van der Waals surface area contributed by atoms with Gasteiger partial charge in [0.25, 0.3) is 0 Å². The molecule has 0 aromatic carbocycles. The minimum absolute atomic E-state index is 0.243. The van der Waals surface area contributed by atoms with Crippen molar-refractivity contribution in [2.75, 3.05) is 13.7 Å². The molecule has 0 N–H and O–H groups in total. The Morgan fingerprint density at radius 3 is 2.86 bits per heavy atom. The third kappa shape index (κ3) is 2.68. The molecule has 3 unspecified atom stereocenters. The quantitative estimate of drug-likeness (QED) is 0.559. The van der Waals surface area contributed by atoms with E-state index in [1.807, 2.05) is 0 Å². The molecule has 0 radical (unpaired) electrons. The van der Waals surface area contributed by atoms with Crippen LogP contribution in [0.3, 0.4) is 0 Å². The third-order valence-electron chi connectivity index (χ3n) is 7.37. The Hall–Kier alpha value is -0.630. The van der Waals surface area contributed by atoms with Gasteiger partial charge in [-0.2, -0.15) is 0 Å². The highest BCUT2D eigenvalue weighted by Crippen LogP contribution is 2.63. The van der Waals surface area contributed by atoms with Gasteiger partial charge in [-0.1, -0.05) is 25.5 Å². The molecule has 0 heterocycles. The molecule has 3 rings (SSSR count). The first-order valence-corrected chi connectivity index (χ1v) is 9.22. The van der Waals surface area contributed by atoms with Gasteiger partial charge in [0.15, 0.2) is 0 Å². The molecule has 0 aromatic heterocycles. The SMILES string of the molecule is COC/C=C1/CCC2C(CC[C@@]3(C)C2CC[C@@H]3[C@H](C)C=O)C1. The number of rotatable bonds is 4. The van der Waals surface area contributed by atoms with E-state index in [1.54, 1.807) is 12.7 Å². The number of methoxy groups -OCH3 is 1. The fraction of sp³-hybridized carbons (Fsp3) is 0.850. The van der Waals surface area contributed by atoms with Crippen molar-refractivity contribution in [1.82, 2.24) is 0 Å². The van der Waals surface area contributed by atoms with Crippen LogP contribution in [0.1, 0.15) is 58.8 Å². The second kappa shape index (κ2) is 6.47. The van der Waals surface area contributed by atoms with Crippen LogP contribution in [0.25, 0.3) is 0 Å². The van der Waals surface area contributed by atoms with Gasteiger partial charge < -0.3 is 9.53 Å². The molecule has 3 aliphatic rings. The van der Waals surface area contributed by atoms with Crippen molar-refractivity contribution in [2.45, 2.75) is 58.8 Å². The van der Waals surface area contributed by atoms with E-state index in [4.69, 9.17) is 4.74 Å². The monoisotopic (exact) mass is 304 g/mol. The van der Waals surface area contributed by atoms with E-state index in [1.165, 1.54) is 51.2 Å². The summed E-state index contributed by atoms with van der Waals surface area (Å²) in [6.45, 7) is 5.42. The molecule has 3 fully saturated rings. The van der Waals surface area contributed by atoms with Gasteiger partial charge in [0.2, 0.25) is 0 Å². The first kappa shape index (κ1) is 16.2. The van der Waals surface area contributed by atoms with E-state index in [2.05, 4.69) is 19.9 Å². The molecule has 2 nitrogen and oxygen atoms in total. The van der Waals surface area contributed by atoms with E-state index in [0.717, 1.165) is 24.4 Å². The number of carbonyl (C=O) groups excluding carboxylic acids is 1. The Balaban J connectivity index is 1.73. The van der Waals surface area contributed by atoms with Crippen LogP contribution in [0.5, 0.6) is 0 Å². The number of ether oxygens (including phenoxy) is 1. The second-order valence-corrected chi connectivity index (χ2v) is 8.31.